The van der Waals surface area contributed by atoms with Crippen molar-refractivity contribution in [2.75, 3.05) is 0 Å². The van der Waals surface area contributed by atoms with Crippen LogP contribution in [0, 0.1) is 53.8 Å². The van der Waals surface area contributed by atoms with Gasteiger partial charge in [-0.3, -0.25) is 42.5 Å². The Kier molecular flexibility index (Phi) is 9.49. The van der Waals surface area contributed by atoms with Gasteiger partial charge in [-0.25, -0.2) is 0 Å². The van der Waals surface area contributed by atoms with Gasteiger partial charge >= 0.3 is 0 Å². The van der Waals surface area contributed by atoms with E-state index in [1.54, 1.807) is 0 Å². The van der Waals surface area contributed by atoms with E-state index in [1.165, 1.54) is 96.3 Å². The smallest absolute Gasteiger partial charge is 0.0628 e. The molecule has 5 heterocycles. The second kappa shape index (κ2) is 12.9. The summed E-state index contributed by atoms with van der Waals surface area (Å²) in [6.45, 7) is 0. The monoisotopic (exact) mass is 617 g/mol. The molecule has 5 saturated heterocycles. The molecule has 9 nitrogen and oxygen atoms in total. The third-order valence-corrected chi connectivity index (χ3v) is 13.6. The minimum Gasteiger partial charge on any atom is -0.412 e. The molecule has 0 aromatic carbocycles. The van der Waals surface area contributed by atoms with Crippen molar-refractivity contribution in [3.63, 3.8) is 0 Å². The Morgan fingerprint density at radius 3 is 0.929 bits per heavy atom. The van der Waals surface area contributed by atoms with E-state index in [-0.39, 0.29) is 27.2 Å². The van der Waals surface area contributed by atoms with Crippen molar-refractivity contribution in [1.29, 1.82) is 0 Å². The molecule has 0 aromatic heterocycles. The van der Waals surface area contributed by atoms with Gasteiger partial charge in [-0.05, 0) is 80.0 Å². The summed E-state index contributed by atoms with van der Waals surface area (Å²) in [4.78, 5) is 0. The maximum Gasteiger partial charge on any atom is 0.0628 e. The Balaban J connectivity index is 0.00000144. The van der Waals surface area contributed by atoms with E-state index in [1.807, 2.05) is 0 Å². The quantitative estimate of drug-likeness (QED) is 0.152. The molecule has 8 bridgehead atoms. The van der Waals surface area contributed by atoms with E-state index in [4.69, 9.17) is 0 Å². The van der Waals surface area contributed by atoms with Gasteiger partial charge in [-0.15, -0.1) is 5.92 Å². The van der Waals surface area contributed by atoms with Crippen LogP contribution >= 0.6 is 0 Å². The van der Waals surface area contributed by atoms with Crippen molar-refractivity contribution in [2.45, 2.75) is 146 Å². The molecular weight excluding hydrogens is 560 g/mol. The van der Waals surface area contributed by atoms with Crippen molar-refractivity contribution in [1.82, 2.24) is 42.5 Å². The molecule has 10 heteroatoms. The van der Waals surface area contributed by atoms with Crippen molar-refractivity contribution >= 4 is 0 Å². The summed E-state index contributed by atoms with van der Waals surface area (Å²) < 4.78 is 0. The minimum atomic E-state index is 0. The zero-order chi connectivity index (χ0) is 26.2. The molecule has 0 amide bonds. The Hall–Kier alpha value is 0.354. The first-order chi connectivity index (χ1) is 19.8. The van der Waals surface area contributed by atoms with Gasteiger partial charge in [0.1, 0.15) is 0 Å². The van der Waals surface area contributed by atoms with E-state index >= 15 is 0 Å². The van der Waals surface area contributed by atoms with Crippen LogP contribution in [0.2, 0.25) is 0 Å². The molecule has 9 aliphatic rings. The third-order valence-electron chi connectivity index (χ3n) is 13.6. The van der Waals surface area contributed by atoms with Gasteiger partial charge < -0.3 is 11.9 Å². The van der Waals surface area contributed by atoms with E-state index in [0.717, 1.165) is 35.5 Å². The molecular formula is C32H57N8OTi-. The molecule has 236 valence electrons. The van der Waals surface area contributed by atoms with Crippen molar-refractivity contribution < 1.29 is 27.2 Å². The molecule has 0 spiro atoms. The minimum absolute atomic E-state index is 0. The van der Waals surface area contributed by atoms with Crippen LogP contribution in [-0.4, -0.2) is 54.8 Å². The fourth-order valence-corrected chi connectivity index (χ4v) is 11.7. The normalized spacial score (nSPS) is 54.9. The van der Waals surface area contributed by atoms with Crippen LogP contribution in [-0.2, 0) is 21.7 Å². The van der Waals surface area contributed by atoms with Crippen molar-refractivity contribution in [2.24, 2.45) is 47.3 Å². The van der Waals surface area contributed by atoms with Crippen LogP contribution in [0.15, 0.2) is 0 Å². The number of hydrogen-bond acceptors (Lipinski definition) is 8. The molecule has 4 saturated carbocycles. The number of fused-ring (bicyclic) bond motifs is 20. The largest absolute Gasteiger partial charge is 0.412 e. The molecule has 42 heavy (non-hydrogen) atoms. The molecule has 10 N–H and O–H groups in total. The summed E-state index contributed by atoms with van der Waals surface area (Å²) in [7, 11) is 0. The Labute approximate surface area is 268 Å². The predicted octanol–water partition coefficient (Wildman–Crippen LogP) is 1.59. The Morgan fingerprint density at radius 2 is 0.595 bits per heavy atom. The average molecular weight is 618 g/mol. The average Bonchev–Trinajstić information content (AvgIpc) is 3.73. The van der Waals surface area contributed by atoms with Crippen LogP contribution < -0.4 is 42.5 Å². The van der Waals surface area contributed by atoms with Crippen LogP contribution in [0.3, 0.4) is 0 Å². The van der Waals surface area contributed by atoms with Crippen LogP contribution in [0.25, 0.3) is 0 Å². The zero-order valence-corrected chi connectivity index (χ0v) is 27.0. The first-order valence-corrected chi connectivity index (χ1v) is 17.7. The summed E-state index contributed by atoms with van der Waals surface area (Å²) in [5, 5.41) is 33.7. The van der Waals surface area contributed by atoms with Gasteiger partial charge in [-0.2, -0.15) is 6.42 Å². The second-order valence-corrected chi connectivity index (χ2v) is 15.4. The van der Waals surface area contributed by atoms with E-state index in [9.17, 15) is 0 Å². The fraction of sp³-hybridized carbons (Fsp3) is 0.969. The van der Waals surface area contributed by atoms with Crippen LogP contribution in [0.4, 0.5) is 0 Å². The summed E-state index contributed by atoms with van der Waals surface area (Å²) in [5.74, 6) is 5.74. The topological polar surface area (TPSA) is 128 Å². The number of hydrogen-bond donors (Lipinski definition) is 8. The van der Waals surface area contributed by atoms with Gasteiger partial charge in [0.2, 0.25) is 0 Å². The first-order valence-electron chi connectivity index (χ1n) is 17.7. The van der Waals surface area contributed by atoms with Crippen LogP contribution in [0.5, 0.6) is 0 Å². The Bertz CT molecular complexity index is 723. The van der Waals surface area contributed by atoms with Gasteiger partial charge in [0, 0.05) is 27.9 Å². The molecule has 0 aromatic rings. The third kappa shape index (κ3) is 5.32. The van der Waals surface area contributed by atoms with Crippen molar-refractivity contribution in [3.05, 3.63) is 6.42 Å². The zero-order valence-electron chi connectivity index (χ0n) is 25.4. The Morgan fingerprint density at radius 1 is 0.333 bits per heavy atom. The number of nitrogens with one attached hydrogen (secondary N) is 8. The molecule has 16 atom stereocenters. The van der Waals surface area contributed by atoms with E-state index < -0.39 is 0 Å². The predicted molar refractivity (Wildman–Crippen MR) is 160 cm³/mol. The van der Waals surface area contributed by atoms with E-state index in [0.29, 0.717) is 61.2 Å². The molecule has 9 rings (SSSR count). The van der Waals surface area contributed by atoms with Gasteiger partial charge in [0.15, 0.2) is 0 Å². The number of rotatable bonds is 0. The van der Waals surface area contributed by atoms with Crippen molar-refractivity contribution in [3.8, 4) is 0 Å². The molecule has 0 radical (unpaired) electrons. The molecule has 5 aliphatic heterocycles. The summed E-state index contributed by atoms with van der Waals surface area (Å²) in [5.41, 5.74) is 0. The van der Waals surface area contributed by atoms with Crippen LogP contribution in [0.1, 0.15) is 96.3 Å². The first kappa shape index (κ1) is 31.0. The maximum absolute atomic E-state index is 4.25. The van der Waals surface area contributed by atoms with E-state index in [2.05, 4.69) is 49.0 Å². The van der Waals surface area contributed by atoms with Gasteiger partial charge in [0.25, 0.3) is 0 Å². The maximum atomic E-state index is 4.25. The SMILES string of the molecule is O.[CH-]1CCCC2C3NC(NC4NC(NC5NC(NC6NC(N3)C3CCCCC63)C3CCCCC53)C3CCCCC43)C12.[Ti]. The molecule has 9 fully saturated rings. The molecule has 4 aliphatic carbocycles. The fourth-order valence-electron chi connectivity index (χ4n) is 11.7. The summed E-state index contributed by atoms with van der Waals surface area (Å²) >= 11 is 0. The summed E-state index contributed by atoms with van der Waals surface area (Å²) in [6, 6.07) is 0. The standard InChI is InChI=1S/C32H55N8.H2O.Ti/c1-2-10-18-17(9-1)25-33-26(18)38-28-21-13-5-6-14-22(21)30(35-28)40-32-24-16-8-7-15-23(24)31(36-32)39-29-20-12-4-3-11-19(20)27(34-29)37-25;;/h9,17-40H,1-8,10-16H2;1H2;/q-1;;. The van der Waals surface area contributed by atoms with Gasteiger partial charge in [0.05, 0.1) is 43.2 Å². The van der Waals surface area contributed by atoms with Gasteiger partial charge in [-0.1, -0.05) is 51.4 Å². The molecule has 16 unspecified atom stereocenters. The second-order valence-electron chi connectivity index (χ2n) is 15.4. The summed E-state index contributed by atoms with van der Waals surface area (Å²) in [6.07, 6.45) is 26.4.